The Morgan fingerprint density at radius 1 is 1.38 bits per heavy atom. The fraction of sp³-hybridized carbons (Fsp3) is 0.722. The van der Waals surface area contributed by atoms with E-state index in [1.54, 1.807) is 0 Å². The van der Waals surface area contributed by atoms with Crippen molar-refractivity contribution in [3.8, 4) is 0 Å². The quantitative estimate of drug-likeness (QED) is 0.385. The van der Waals surface area contributed by atoms with Crippen LogP contribution in [0.15, 0.2) is 22.5 Å². The minimum absolute atomic E-state index is 0. The van der Waals surface area contributed by atoms with Crippen molar-refractivity contribution in [3.05, 3.63) is 22.4 Å². The molecule has 1 saturated heterocycles. The molecule has 1 fully saturated rings. The second kappa shape index (κ2) is 10.6. The number of aliphatic imine (C=N–C) groups is 1. The largest absolute Gasteiger partial charge is 0.356 e. The van der Waals surface area contributed by atoms with Crippen LogP contribution in [-0.2, 0) is 6.42 Å². The van der Waals surface area contributed by atoms with Gasteiger partial charge in [-0.25, -0.2) is 0 Å². The van der Waals surface area contributed by atoms with Crippen LogP contribution in [0, 0.1) is 11.8 Å². The molecule has 2 rings (SSSR count). The van der Waals surface area contributed by atoms with Crippen LogP contribution in [0.2, 0.25) is 0 Å². The SMILES string of the molecule is CN=C(NCC(C)Cc1cccs1)NC1CN(C(C)C)CC1C.I. The minimum atomic E-state index is 0. The van der Waals surface area contributed by atoms with Gasteiger partial charge < -0.3 is 10.6 Å². The van der Waals surface area contributed by atoms with Crippen LogP contribution >= 0.6 is 35.3 Å². The maximum Gasteiger partial charge on any atom is 0.191 e. The topological polar surface area (TPSA) is 39.7 Å². The fourth-order valence-corrected chi connectivity index (χ4v) is 3.97. The van der Waals surface area contributed by atoms with Gasteiger partial charge in [0.25, 0.3) is 0 Å². The monoisotopic (exact) mass is 464 g/mol. The molecule has 2 N–H and O–H groups in total. The van der Waals surface area contributed by atoms with Gasteiger partial charge in [0, 0.05) is 43.6 Å². The van der Waals surface area contributed by atoms with Gasteiger partial charge >= 0.3 is 0 Å². The van der Waals surface area contributed by atoms with Gasteiger partial charge in [-0.1, -0.05) is 19.9 Å². The van der Waals surface area contributed by atoms with E-state index >= 15 is 0 Å². The van der Waals surface area contributed by atoms with Gasteiger partial charge in [0.2, 0.25) is 0 Å². The van der Waals surface area contributed by atoms with E-state index in [2.05, 4.69) is 65.7 Å². The van der Waals surface area contributed by atoms with E-state index in [1.807, 2.05) is 18.4 Å². The Bertz CT molecular complexity index is 489. The molecule has 1 aromatic heterocycles. The number of nitrogens with zero attached hydrogens (tertiary/aromatic N) is 2. The normalized spacial score (nSPS) is 23.2. The number of likely N-dealkylation sites (tertiary alicyclic amines) is 1. The maximum atomic E-state index is 4.40. The summed E-state index contributed by atoms with van der Waals surface area (Å²) in [5.74, 6) is 2.19. The molecule has 24 heavy (non-hydrogen) atoms. The zero-order valence-corrected chi connectivity index (χ0v) is 18.7. The van der Waals surface area contributed by atoms with Crippen molar-refractivity contribution < 1.29 is 0 Å². The van der Waals surface area contributed by atoms with Crippen molar-refractivity contribution in [2.24, 2.45) is 16.8 Å². The second-order valence-corrected chi connectivity index (χ2v) is 8.15. The van der Waals surface area contributed by atoms with E-state index in [1.165, 1.54) is 11.4 Å². The summed E-state index contributed by atoms with van der Waals surface area (Å²) in [7, 11) is 1.86. The molecule has 0 aliphatic carbocycles. The zero-order chi connectivity index (χ0) is 16.8. The molecule has 0 bridgehead atoms. The smallest absolute Gasteiger partial charge is 0.191 e. The highest BCUT2D eigenvalue weighted by Crippen LogP contribution is 2.18. The molecule has 1 aliphatic heterocycles. The number of rotatable bonds is 6. The van der Waals surface area contributed by atoms with Crippen molar-refractivity contribution in [2.75, 3.05) is 26.7 Å². The minimum Gasteiger partial charge on any atom is -0.356 e. The molecule has 6 heteroatoms. The van der Waals surface area contributed by atoms with Gasteiger partial charge in [0.15, 0.2) is 5.96 Å². The Labute approximate surface area is 168 Å². The molecule has 1 aliphatic rings. The first-order chi connectivity index (χ1) is 11.0. The first kappa shape index (κ1) is 21.7. The summed E-state index contributed by atoms with van der Waals surface area (Å²) in [6.45, 7) is 12.4. The first-order valence-electron chi connectivity index (χ1n) is 8.73. The van der Waals surface area contributed by atoms with Gasteiger partial charge in [0.05, 0.1) is 0 Å². The fourth-order valence-electron chi connectivity index (χ4n) is 3.10. The number of hydrogen-bond acceptors (Lipinski definition) is 3. The molecule has 1 aromatic rings. The molecule has 0 aromatic carbocycles. The summed E-state index contributed by atoms with van der Waals surface area (Å²) < 4.78 is 0. The molecule has 4 nitrogen and oxygen atoms in total. The third-order valence-electron chi connectivity index (χ3n) is 4.66. The molecule has 2 heterocycles. The lowest BCUT2D eigenvalue weighted by molar-refractivity contribution is 0.265. The summed E-state index contributed by atoms with van der Waals surface area (Å²) in [6.07, 6.45) is 1.13. The highest BCUT2D eigenvalue weighted by Gasteiger charge is 2.31. The van der Waals surface area contributed by atoms with Gasteiger partial charge in [-0.2, -0.15) is 0 Å². The van der Waals surface area contributed by atoms with E-state index < -0.39 is 0 Å². The summed E-state index contributed by atoms with van der Waals surface area (Å²) in [4.78, 5) is 8.40. The molecule has 138 valence electrons. The molecule has 0 amide bonds. The molecule has 3 atom stereocenters. The summed E-state index contributed by atoms with van der Waals surface area (Å²) >= 11 is 1.84. The lowest BCUT2D eigenvalue weighted by atomic mass is 10.1. The zero-order valence-electron chi connectivity index (χ0n) is 15.6. The molecular formula is C18H33IN4S. The average molecular weight is 464 g/mol. The summed E-state index contributed by atoms with van der Waals surface area (Å²) in [5.41, 5.74) is 0. The van der Waals surface area contributed by atoms with E-state index in [0.29, 0.717) is 23.9 Å². The van der Waals surface area contributed by atoms with Crippen LogP contribution in [0.5, 0.6) is 0 Å². The third-order valence-corrected chi connectivity index (χ3v) is 5.56. The van der Waals surface area contributed by atoms with E-state index in [0.717, 1.165) is 25.5 Å². The van der Waals surface area contributed by atoms with Crippen molar-refractivity contribution in [1.29, 1.82) is 0 Å². The predicted molar refractivity (Wildman–Crippen MR) is 117 cm³/mol. The Morgan fingerprint density at radius 2 is 2.12 bits per heavy atom. The summed E-state index contributed by atoms with van der Waals surface area (Å²) in [6, 6.07) is 5.44. The Hall–Kier alpha value is -0.340. The Kier molecular flexibility index (Phi) is 9.59. The van der Waals surface area contributed by atoms with Crippen LogP contribution < -0.4 is 10.6 Å². The van der Waals surface area contributed by atoms with Crippen LogP contribution in [0.3, 0.4) is 0 Å². The highest BCUT2D eigenvalue weighted by atomic mass is 127. The predicted octanol–water partition coefficient (Wildman–Crippen LogP) is 3.44. The molecule has 0 saturated carbocycles. The van der Waals surface area contributed by atoms with Crippen LogP contribution in [-0.4, -0.2) is 49.6 Å². The van der Waals surface area contributed by atoms with Gasteiger partial charge in [-0.05, 0) is 43.6 Å². The average Bonchev–Trinajstić information content (AvgIpc) is 3.13. The highest BCUT2D eigenvalue weighted by molar-refractivity contribution is 14.0. The number of thiophene rings is 1. The van der Waals surface area contributed by atoms with Gasteiger partial charge in [0.1, 0.15) is 0 Å². The maximum absolute atomic E-state index is 4.40. The van der Waals surface area contributed by atoms with Crippen molar-refractivity contribution in [1.82, 2.24) is 15.5 Å². The number of hydrogen-bond donors (Lipinski definition) is 2. The standard InChI is InChI=1S/C18H32N4S.HI/c1-13(2)22-11-15(4)17(12-22)21-18(19-5)20-10-14(3)9-16-7-6-8-23-16;/h6-8,13-15,17H,9-12H2,1-5H3,(H2,19,20,21);1H. The number of nitrogens with one attached hydrogen (secondary N) is 2. The van der Waals surface area contributed by atoms with Crippen LogP contribution in [0.25, 0.3) is 0 Å². The van der Waals surface area contributed by atoms with E-state index in [9.17, 15) is 0 Å². The van der Waals surface area contributed by atoms with Gasteiger partial charge in [-0.15, -0.1) is 35.3 Å². The van der Waals surface area contributed by atoms with Crippen LogP contribution in [0.4, 0.5) is 0 Å². The second-order valence-electron chi connectivity index (χ2n) is 7.12. The molecule has 0 spiro atoms. The Morgan fingerprint density at radius 3 is 2.67 bits per heavy atom. The molecule has 3 unspecified atom stereocenters. The lowest BCUT2D eigenvalue weighted by Crippen LogP contribution is -2.47. The number of guanidine groups is 1. The van der Waals surface area contributed by atoms with Crippen molar-refractivity contribution >= 4 is 41.3 Å². The van der Waals surface area contributed by atoms with Crippen molar-refractivity contribution in [3.63, 3.8) is 0 Å². The number of halogens is 1. The van der Waals surface area contributed by atoms with Gasteiger partial charge in [-0.3, -0.25) is 9.89 Å². The first-order valence-corrected chi connectivity index (χ1v) is 9.61. The molecular weight excluding hydrogens is 431 g/mol. The van der Waals surface area contributed by atoms with Crippen molar-refractivity contribution in [2.45, 2.75) is 46.2 Å². The lowest BCUT2D eigenvalue weighted by Gasteiger charge is -2.22. The van der Waals surface area contributed by atoms with E-state index in [4.69, 9.17) is 0 Å². The summed E-state index contributed by atoms with van der Waals surface area (Å²) in [5, 5.41) is 9.26. The Balaban J connectivity index is 0.00000288. The van der Waals surface area contributed by atoms with Crippen LogP contribution in [0.1, 0.15) is 32.6 Å². The third kappa shape index (κ3) is 6.52. The van der Waals surface area contributed by atoms with E-state index in [-0.39, 0.29) is 24.0 Å². The molecule has 0 radical (unpaired) electrons.